The van der Waals surface area contributed by atoms with Gasteiger partial charge in [-0.1, -0.05) is 24.3 Å². The van der Waals surface area contributed by atoms with E-state index in [9.17, 15) is 14.4 Å². The molecule has 1 aromatic rings. The Morgan fingerprint density at radius 3 is 2.04 bits per heavy atom. The van der Waals surface area contributed by atoms with Crippen molar-refractivity contribution in [1.82, 2.24) is 0 Å². The zero-order valence-electron chi connectivity index (χ0n) is 13.9. The van der Waals surface area contributed by atoms with Crippen molar-refractivity contribution >= 4 is 23.5 Å². The van der Waals surface area contributed by atoms with E-state index in [0.29, 0.717) is 5.69 Å². The van der Waals surface area contributed by atoms with E-state index in [-0.39, 0.29) is 19.8 Å². The number of hydrogen-bond acceptors (Lipinski definition) is 5. The fourth-order valence-electron chi connectivity index (χ4n) is 1.88. The van der Waals surface area contributed by atoms with Gasteiger partial charge >= 0.3 is 11.9 Å². The Balaban J connectivity index is 3.16. The van der Waals surface area contributed by atoms with Gasteiger partial charge in [0.2, 0.25) is 0 Å². The average Bonchev–Trinajstić information content (AvgIpc) is 2.58. The van der Waals surface area contributed by atoms with Gasteiger partial charge in [0, 0.05) is 18.3 Å². The molecule has 6 nitrogen and oxygen atoms in total. The van der Waals surface area contributed by atoms with E-state index in [2.05, 4.69) is 6.58 Å². The molecular weight excluding hydrogens is 310 g/mol. The molecule has 24 heavy (non-hydrogen) atoms. The van der Waals surface area contributed by atoms with Gasteiger partial charge in [-0.3, -0.25) is 4.79 Å². The van der Waals surface area contributed by atoms with Crippen molar-refractivity contribution in [3.8, 4) is 0 Å². The monoisotopic (exact) mass is 331 g/mol. The smallest absolute Gasteiger partial charge is 0.345 e. The lowest BCUT2D eigenvalue weighted by atomic mass is 10.2. The first-order valence-electron chi connectivity index (χ1n) is 7.58. The van der Waals surface area contributed by atoms with E-state index in [1.54, 1.807) is 44.2 Å². The Morgan fingerprint density at radius 2 is 1.58 bits per heavy atom. The Kier molecular flexibility index (Phi) is 7.98. The molecule has 0 aliphatic heterocycles. The molecule has 0 radical (unpaired) electrons. The Bertz CT molecular complexity index is 602. The second kappa shape index (κ2) is 9.99. The molecule has 0 bridgehead atoms. The van der Waals surface area contributed by atoms with Crippen LogP contribution in [0.25, 0.3) is 0 Å². The first-order chi connectivity index (χ1) is 11.5. The second-order valence-corrected chi connectivity index (χ2v) is 4.57. The van der Waals surface area contributed by atoms with Crippen LogP contribution in [0.1, 0.15) is 13.8 Å². The number of para-hydroxylation sites is 1. The zero-order chi connectivity index (χ0) is 17.9. The van der Waals surface area contributed by atoms with E-state index in [1.807, 2.05) is 6.07 Å². The number of anilines is 1. The van der Waals surface area contributed by atoms with Crippen molar-refractivity contribution in [2.45, 2.75) is 13.8 Å². The molecule has 0 atom stereocenters. The van der Waals surface area contributed by atoms with Gasteiger partial charge in [-0.05, 0) is 26.0 Å². The molecule has 0 aliphatic carbocycles. The van der Waals surface area contributed by atoms with Gasteiger partial charge in [0.05, 0.1) is 13.2 Å². The van der Waals surface area contributed by atoms with Gasteiger partial charge in [0.15, 0.2) is 0 Å². The maximum absolute atomic E-state index is 12.5. The van der Waals surface area contributed by atoms with Crippen LogP contribution in [0, 0.1) is 0 Å². The lowest BCUT2D eigenvalue weighted by molar-refractivity contribution is -0.146. The van der Waals surface area contributed by atoms with E-state index >= 15 is 0 Å². The molecule has 0 fully saturated rings. The maximum atomic E-state index is 12.5. The van der Waals surface area contributed by atoms with Crippen LogP contribution in [0.15, 0.2) is 54.6 Å². The Labute approximate surface area is 141 Å². The third-order valence-electron chi connectivity index (χ3n) is 2.90. The minimum absolute atomic E-state index is 0.0822. The average molecular weight is 331 g/mol. The van der Waals surface area contributed by atoms with Gasteiger partial charge in [-0.2, -0.15) is 0 Å². The lowest BCUT2D eigenvalue weighted by Gasteiger charge is -2.20. The highest BCUT2D eigenvalue weighted by Gasteiger charge is 2.24. The first kappa shape index (κ1) is 19.2. The summed E-state index contributed by atoms with van der Waals surface area (Å²) >= 11 is 0. The van der Waals surface area contributed by atoms with Crippen molar-refractivity contribution in [3.05, 3.63) is 54.6 Å². The highest BCUT2D eigenvalue weighted by molar-refractivity contribution is 6.19. The van der Waals surface area contributed by atoms with Crippen molar-refractivity contribution in [1.29, 1.82) is 0 Å². The van der Waals surface area contributed by atoms with Gasteiger partial charge in [-0.15, -0.1) is 6.58 Å². The molecule has 0 aromatic heterocycles. The lowest BCUT2D eigenvalue weighted by Crippen LogP contribution is -2.31. The minimum atomic E-state index is -0.893. The molecule has 0 spiro atoms. The number of hydrogen-bond donors (Lipinski definition) is 0. The summed E-state index contributed by atoms with van der Waals surface area (Å²) < 4.78 is 9.64. The summed E-state index contributed by atoms with van der Waals surface area (Å²) in [6.45, 7) is 7.22. The molecule has 0 aliphatic rings. The predicted octanol–water partition coefficient (Wildman–Crippen LogP) is 2.26. The van der Waals surface area contributed by atoms with Gasteiger partial charge in [0.1, 0.15) is 5.57 Å². The first-order valence-corrected chi connectivity index (χ1v) is 7.58. The summed E-state index contributed by atoms with van der Waals surface area (Å²) in [6, 6.07) is 8.85. The van der Waals surface area contributed by atoms with Crippen molar-refractivity contribution in [2.24, 2.45) is 0 Å². The van der Waals surface area contributed by atoms with Crippen LogP contribution in [0.2, 0.25) is 0 Å². The van der Waals surface area contributed by atoms with Gasteiger partial charge in [0.25, 0.3) is 5.91 Å². The Morgan fingerprint density at radius 1 is 1.04 bits per heavy atom. The number of rotatable bonds is 8. The molecule has 128 valence electrons. The number of carbonyl (C=O) groups excluding carboxylic acids is 3. The molecule has 0 N–H and O–H groups in total. The third-order valence-corrected chi connectivity index (χ3v) is 2.90. The number of ether oxygens (including phenoxy) is 2. The topological polar surface area (TPSA) is 72.9 Å². The number of carbonyl (C=O) groups is 3. The van der Waals surface area contributed by atoms with Crippen LogP contribution in [0.5, 0.6) is 0 Å². The van der Waals surface area contributed by atoms with Crippen molar-refractivity contribution < 1.29 is 23.9 Å². The summed E-state index contributed by atoms with van der Waals surface area (Å²) in [6.07, 6.45) is 2.49. The van der Waals surface area contributed by atoms with Crippen molar-refractivity contribution in [2.75, 3.05) is 24.7 Å². The van der Waals surface area contributed by atoms with Crippen LogP contribution < -0.4 is 4.90 Å². The number of esters is 2. The number of nitrogens with zero attached hydrogens (tertiary/aromatic N) is 1. The fourth-order valence-corrected chi connectivity index (χ4v) is 1.88. The minimum Gasteiger partial charge on any atom is -0.462 e. The zero-order valence-corrected chi connectivity index (χ0v) is 13.9. The summed E-state index contributed by atoms with van der Waals surface area (Å²) in [5.41, 5.74) is 0.180. The van der Waals surface area contributed by atoms with Crippen LogP contribution >= 0.6 is 0 Å². The summed E-state index contributed by atoms with van der Waals surface area (Å²) in [5.74, 6) is -2.33. The second-order valence-electron chi connectivity index (χ2n) is 4.57. The largest absolute Gasteiger partial charge is 0.462 e. The standard InChI is InChI=1S/C18H21NO5/c1-4-12-19(14-10-8-7-9-11-14)16(20)13-15(17(21)23-5-2)18(22)24-6-3/h4,7-11,13H,1,5-6,12H2,2-3H3. The third kappa shape index (κ3) is 5.39. The van der Waals surface area contributed by atoms with Crippen LogP contribution in [-0.4, -0.2) is 37.6 Å². The van der Waals surface area contributed by atoms with Crippen LogP contribution in [0.3, 0.4) is 0 Å². The van der Waals surface area contributed by atoms with Crippen molar-refractivity contribution in [3.63, 3.8) is 0 Å². The highest BCUT2D eigenvalue weighted by atomic mass is 16.6. The normalized spacial score (nSPS) is 9.58. The molecule has 1 aromatic carbocycles. The molecular formula is C18H21NO5. The van der Waals surface area contributed by atoms with Crippen LogP contribution in [0.4, 0.5) is 5.69 Å². The number of amides is 1. The summed E-state index contributed by atoms with van der Waals surface area (Å²) in [5, 5.41) is 0. The number of benzene rings is 1. The van der Waals surface area contributed by atoms with E-state index in [0.717, 1.165) is 6.08 Å². The molecule has 0 saturated heterocycles. The molecule has 0 unspecified atom stereocenters. The van der Waals surface area contributed by atoms with Gasteiger partial charge in [-0.25, -0.2) is 9.59 Å². The van der Waals surface area contributed by atoms with Gasteiger partial charge < -0.3 is 14.4 Å². The molecule has 0 saturated carbocycles. The Hall–Kier alpha value is -2.89. The van der Waals surface area contributed by atoms with E-state index in [4.69, 9.17) is 9.47 Å². The molecule has 1 rings (SSSR count). The maximum Gasteiger partial charge on any atom is 0.345 e. The highest BCUT2D eigenvalue weighted by Crippen LogP contribution is 2.15. The molecule has 1 amide bonds. The van der Waals surface area contributed by atoms with E-state index < -0.39 is 23.4 Å². The predicted molar refractivity (Wildman–Crippen MR) is 90.3 cm³/mol. The summed E-state index contributed by atoms with van der Waals surface area (Å²) in [4.78, 5) is 37.8. The van der Waals surface area contributed by atoms with Crippen LogP contribution in [-0.2, 0) is 23.9 Å². The SMILES string of the molecule is C=CCN(C(=O)C=C(C(=O)OCC)C(=O)OCC)c1ccccc1. The molecule has 0 heterocycles. The quantitative estimate of drug-likeness (QED) is 0.240. The summed E-state index contributed by atoms with van der Waals surface area (Å²) in [7, 11) is 0. The van der Waals surface area contributed by atoms with E-state index in [1.165, 1.54) is 4.90 Å². The fraction of sp³-hybridized carbons (Fsp3) is 0.278. The molecule has 6 heteroatoms.